The number of pyridine rings is 1. The number of para-hydroxylation sites is 1. The first-order valence-electron chi connectivity index (χ1n) is 13.6. The molecule has 0 N–H and O–H groups in total. The fourth-order valence-corrected chi connectivity index (χ4v) is 6.02. The van der Waals surface area contributed by atoms with Crippen molar-refractivity contribution < 1.29 is 9.59 Å². The van der Waals surface area contributed by atoms with Crippen LogP contribution in [0.25, 0.3) is 11.0 Å². The fourth-order valence-electron chi connectivity index (χ4n) is 6.02. The molecule has 4 heterocycles. The number of carbonyl (C=O) groups is 2. The van der Waals surface area contributed by atoms with Gasteiger partial charge in [0, 0.05) is 63.3 Å². The van der Waals surface area contributed by atoms with Crippen molar-refractivity contribution in [2.75, 3.05) is 18.0 Å². The number of nitrogens with zero attached hydrogens (tertiary/aromatic N) is 7. The van der Waals surface area contributed by atoms with Gasteiger partial charge in [0.1, 0.15) is 17.6 Å². The van der Waals surface area contributed by atoms with E-state index in [0.717, 1.165) is 48.1 Å². The first-order valence-corrected chi connectivity index (χ1v) is 13.6. The van der Waals surface area contributed by atoms with Crippen molar-refractivity contribution in [2.45, 2.75) is 57.9 Å². The molecule has 2 bridgehead atoms. The van der Waals surface area contributed by atoms with Gasteiger partial charge in [0.05, 0.1) is 0 Å². The maximum absolute atomic E-state index is 13.9. The molecule has 0 saturated carbocycles. The van der Waals surface area contributed by atoms with Gasteiger partial charge in [-0.15, -0.1) is 0 Å². The minimum atomic E-state index is -0.0361. The molecule has 2 aliphatic heterocycles. The molecule has 6 rings (SSSR count). The van der Waals surface area contributed by atoms with Gasteiger partial charge in [0.2, 0.25) is 11.8 Å². The Morgan fingerprint density at radius 3 is 2.31 bits per heavy atom. The summed E-state index contributed by atoms with van der Waals surface area (Å²) in [5.74, 6) is -0.0201. The monoisotopic (exact) mass is 523 g/mol. The zero-order valence-corrected chi connectivity index (χ0v) is 22.2. The van der Waals surface area contributed by atoms with Gasteiger partial charge in [-0.25, -0.2) is 0 Å². The van der Waals surface area contributed by atoms with E-state index in [1.54, 1.807) is 6.92 Å². The standard InChI is InChI=1S/C30H33N7O2/c1-22(38)35-17-14-25-10-11-26(36(25)18-23-12-15-31-16-13-23)20-34(19-24-6-2-5-9-29(24)35)30(39)21-37-32-27-7-3-4-8-28(27)33-37/h2-9,12-13,15-16,25-26H,10-11,14,17-21H2,1H3. The Kier molecular flexibility index (Phi) is 7.06. The summed E-state index contributed by atoms with van der Waals surface area (Å²) in [4.78, 5) is 38.7. The van der Waals surface area contributed by atoms with Crippen molar-refractivity contribution in [2.24, 2.45) is 0 Å². The fraction of sp³-hybridized carbons (Fsp3) is 0.367. The lowest BCUT2D eigenvalue weighted by Gasteiger charge is -2.34. The zero-order valence-electron chi connectivity index (χ0n) is 22.2. The molecule has 0 radical (unpaired) electrons. The Bertz CT molecular complexity index is 1440. The lowest BCUT2D eigenvalue weighted by molar-refractivity contribution is -0.133. The summed E-state index contributed by atoms with van der Waals surface area (Å²) >= 11 is 0. The largest absolute Gasteiger partial charge is 0.335 e. The van der Waals surface area contributed by atoms with Crippen LogP contribution >= 0.6 is 0 Å². The number of carbonyl (C=O) groups excluding carboxylic acids is 2. The summed E-state index contributed by atoms with van der Waals surface area (Å²) in [7, 11) is 0. The van der Waals surface area contributed by atoms with Crippen LogP contribution in [-0.4, -0.2) is 66.8 Å². The highest BCUT2D eigenvalue weighted by Crippen LogP contribution is 2.32. The quantitative estimate of drug-likeness (QED) is 0.406. The van der Waals surface area contributed by atoms with E-state index in [2.05, 4.69) is 32.2 Å². The molecule has 1 saturated heterocycles. The van der Waals surface area contributed by atoms with Crippen molar-refractivity contribution in [3.05, 3.63) is 84.2 Å². The van der Waals surface area contributed by atoms with Crippen molar-refractivity contribution >= 4 is 28.5 Å². The smallest absolute Gasteiger partial charge is 0.246 e. The van der Waals surface area contributed by atoms with Crippen LogP contribution in [0.3, 0.4) is 0 Å². The van der Waals surface area contributed by atoms with E-state index in [1.807, 2.05) is 70.7 Å². The second kappa shape index (κ2) is 10.9. The van der Waals surface area contributed by atoms with Crippen LogP contribution in [-0.2, 0) is 29.2 Å². The molecule has 4 aromatic rings. The maximum atomic E-state index is 13.9. The Balaban J connectivity index is 1.34. The summed E-state index contributed by atoms with van der Waals surface area (Å²) in [5, 5.41) is 9.05. The van der Waals surface area contributed by atoms with E-state index in [1.165, 1.54) is 10.4 Å². The molecule has 2 unspecified atom stereocenters. The minimum Gasteiger partial charge on any atom is -0.335 e. The van der Waals surface area contributed by atoms with Gasteiger partial charge in [0.25, 0.3) is 0 Å². The van der Waals surface area contributed by atoms with E-state index >= 15 is 0 Å². The predicted octanol–water partition coefficient (Wildman–Crippen LogP) is 3.64. The number of fused-ring (bicyclic) bond motifs is 4. The molecule has 39 heavy (non-hydrogen) atoms. The number of hydrogen-bond donors (Lipinski definition) is 0. The number of hydrogen-bond acceptors (Lipinski definition) is 6. The molecule has 200 valence electrons. The maximum Gasteiger partial charge on any atom is 0.246 e. The highest BCUT2D eigenvalue weighted by molar-refractivity contribution is 5.92. The number of benzene rings is 2. The van der Waals surface area contributed by atoms with E-state index in [4.69, 9.17) is 0 Å². The molecule has 2 atom stereocenters. The lowest BCUT2D eigenvalue weighted by Crippen LogP contribution is -2.45. The van der Waals surface area contributed by atoms with Crippen LogP contribution in [0.5, 0.6) is 0 Å². The van der Waals surface area contributed by atoms with Crippen LogP contribution in [0.1, 0.15) is 37.3 Å². The van der Waals surface area contributed by atoms with E-state index < -0.39 is 0 Å². The Morgan fingerprint density at radius 2 is 1.56 bits per heavy atom. The minimum absolute atomic E-state index is 0.0160. The van der Waals surface area contributed by atoms with Crippen LogP contribution in [0, 0.1) is 0 Å². The molecule has 2 aromatic carbocycles. The normalized spacial score (nSPS) is 20.0. The first kappa shape index (κ1) is 25.2. The Labute approximate surface area is 228 Å². The average Bonchev–Trinajstić information content (AvgIpc) is 3.51. The van der Waals surface area contributed by atoms with Crippen LogP contribution < -0.4 is 4.90 Å². The summed E-state index contributed by atoms with van der Waals surface area (Å²) in [6, 6.07) is 20.2. The van der Waals surface area contributed by atoms with E-state index in [9.17, 15) is 9.59 Å². The second-order valence-corrected chi connectivity index (χ2v) is 10.5. The lowest BCUT2D eigenvalue weighted by atomic mass is 10.1. The van der Waals surface area contributed by atoms with Crippen molar-refractivity contribution in [1.82, 2.24) is 29.8 Å². The van der Waals surface area contributed by atoms with E-state index in [-0.39, 0.29) is 24.4 Å². The Morgan fingerprint density at radius 1 is 0.872 bits per heavy atom. The molecular weight excluding hydrogens is 490 g/mol. The van der Waals surface area contributed by atoms with Gasteiger partial charge in [-0.05, 0) is 60.7 Å². The number of rotatable bonds is 4. The second-order valence-electron chi connectivity index (χ2n) is 10.5. The average molecular weight is 524 g/mol. The molecule has 9 heteroatoms. The zero-order chi connectivity index (χ0) is 26.8. The first-order chi connectivity index (χ1) is 19.0. The summed E-state index contributed by atoms with van der Waals surface area (Å²) in [5.41, 5.74) is 4.59. The summed E-state index contributed by atoms with van der Waals surface area (Å²) < 4.78 is 0. The highest BCUT2D eigenvalue weighted by Gasteiger charge is 2.36. The molecule has 1 fully saturated rings. The number of amides is 2. The van der Waals surface area contributed by atoms with Gasteiger partial charge in [-0.2, -0.15) is 15.0 Å². The van der Waals surface area contributed by atoms with E-state index in [0.29, 0.717) is 25.7 Å². The third-order valence-corrected chi connectivity index (χ3v) is 7.98. The third-order valence-electron chi connectivity index (χ3n) is 7.98. The third kappa shape index (κ3) is 5.40. The van der Waals surface area contributed by atoms with Crippen LogP contribution in [0.4, 0.5) is 5.69 Å². The molecule has 2 amide bonds. The molecular formula is C30H33N7O2. The van der Waals surface area contributed by atoms with Gasteiger partial charge in [0.15, 0.2) is 0 Å². The Hall–Kier alpha value is -4.11. The number of aromatic nitrogens is 4. The molecule has 9 nitrogen and oxygen atoms in total. The molecule has 0 aliphatic carbocycles. The van der Waals surface area contributed by atoms with Crippen molar-refractivity contribution in [3.8, 4) is 0 Å². The summed E-state index contributed by atoms with van der Waals surface area (Å²) in [6.45, 7) is 4.15. The van der Waals surface area contributed by atoms with Crippen molar-refractivity contribution in [3.63, 3.8) is 0 Å². The highest BCUT2D eigenvalue weighted by atomic mass is 16.2. The van der Waals surface area contributed by atoms with Crippen molar-refractivity contribution in [1.29, 1.82) is 0 Å². The molecule has 2 aromatic heterocycles. The molecule has 0 spiro atoms. The predicted molar refractivity (Wildman–Crippen MR) is 149 cm³/mol. The van der Waals surface area contributed by atoms with Crippen LogP contribution in [0.15, 0.2) is 73.1 Å². The number of anilines is 1. The van der Waals surface area contributed by atoms with Crippen LogP contribution in [0.2, 0.25) is 0 Å². The van der Waals surface area contributed by atoms with Gasteiger partial charge < -0.3 is 9.80 Å². The van der Waals surface area contributed by atoms with Gasteiger partial charge in [-0.3, -0.25) is 19.5 Å². The van der Waals surface area contributed by atoms with Gasteiger partial charge in [-0.1, -0.05) is 30.3 Å². The molecule has 2 aliphatic rings. The van der Waals surface area contributed by atoms with Gasteiger partial charge >= 0.3 is 0 Å². The SMILES string of the molecule is CC(=O)N1CCC2CCC(CN(C(=O)Cn3nc4ccccc4n3)Cc3ccccc31)N2Cc1ccncc1. The summed E-state index contributed by atoms with van der Waals surface area (Å²) in [6.07, 6.45) is 6.58. The topological polar surface area (TPSA) is 87.5 Å².